The maximum Gasteiger partial charge on any atom is 0.146 e. The molecule has 1 atom stereocenters. The van der Waals surface area contributed by atoms with E-state index in [-0.39, 0.29) is 6.10 Å². The lowest BCUT2D eigenvalue weighted by Crippen LogP contribution is -2.14. The van der Waals surface area contributed by atoms with E-state index in [4.69, 9.17) is 9.16 Å². The summed E-state index contributed by atoms with van der Waals surface area (Å²) in [5.41, 5.74) is 0. The van der Waals surface area contributed by atoms with Crippen molar-refractivity contribution in [3.63, 3.8) is 0 Å². The summed E-state index contributed by atoms with van der Waals surface area (Å²) in [6.45, 7) is 5.54. The van der Waals surface area contributed by atoms with Crippen LogP contribution in [-0.2, 0) is 9.16 Å². The van der Waals surface area contributed by atoms with Crippen LogP contribution in [0.25, 0.3) is 0 Å². The Kier molecular flexibility index (Phi) is 5.37. The van der Waals surface area contributed by atoms with Crippen molar-refractivity contribution >= 4 is 10.5 Å². The van der Waals surface area contributed by atoms with E-state index >= 15 is 0 Å². The summed E-state index contributed by atoms with van der Waals surface area (Å²) in [6, 6.07) is 0. The first-order valence-corrected chi connectivity index (χ1v) is 3.73. The fraction of sp³-hybridized carbons (Fsp3) is 1.00. The first-order chi connectivity index (χ1) is 3.81. The molecule has 0 fully saturated rings. The van der Waals surface area contributed by atoms with Crippen LogP contribution in [0.5, 0.6) is 0 Å². The summed E-state index contributed by atoms with van der Waals surface area (Å²) in [5.74, 6) is 0. The fourth-order valence-electron chi connectivity index (χ4n) is 0.567. The zero-order chi connectivity index (χ0) is 6.41. The van der Waals surface area contributed by atoms with Gasteiger partial charge in [-0.15, -0.1) is 0 Å². The van der Waals surface area contributed by atoms with E-state index in [2.05, 4.69) is 0 Å². The Labute approximate surface area is 53.7 Å². The molecule has 0 aromatic carbocycles. The van der Waals surface area contributed by atoms with Crippen LogP contribution in [0.2, 0.25) is 0 Å². The quantitative estimate of drug-likeness (QED) is 0.492. The predicted octanol–water partition coefficient (Wildman–Crippen LogP) is -0.292. The Morgan fingerprint density at radius 3 is 2.62 bits per heavy atom. The molecule has 0 saturated carbocycles. The Bertz CT molecular complexity index is 43.7. The summed E-state index contributed by atoms with van der Waals surface area (Å²) in [4.78, 5) is 0. The molecule has 0 aliphatic rings. The lowest BCUT2D eigenvalue weighted by molar-refractivity contribution is 0.0427. The van der Waals surface area contributed by atoms with Crippen molar-refractivity contribution in [2.24, 2.45) is 0 Å². The second kappa shape index (κ2) is 5.28. The van der Waals surface area contributed by atoms with Gasteiger partial charge in [0.2, 0.25) is 0 Å². The molecule has 0 spiro atoms. The average molecular weight is 134 g/mol. The number of rotatable bonds is 4. The summed E-state index contributed by atoms with van der Waals surface area (Å²) in [5, 5.41) is 0. The molecule has 0 heterocycles. The van der Waals surface area contributed by atoms with E-state index in [9.17, 15) is 0 Å². The topological polar surface area (TPSA) is 18.5 Å². The van der Waals surface area contributed by atoms with Gasteiger partial charge in [-0.2, -0.15) is 0 Å². The minimum Gasteiger partial charge on any atom is -0.425 e. The van der Waals surface area contributed by atoms with Gasteiger partial charge < -0.3 is 9.16 Å². The van der Waals surface area contributed by atoms with Crippen LogP contribution in [0.15, 0.2) is 0 Å². The molecule has 0 aromatic rings. The lowest BCUT2D eigenvalue weighted by atomic mass is 10.4. The van der Waals surface area contributed by atoms with Gasteiger partial charge in [-0.3, -0.25) is 0 Å². The fourth-order valence-corrected chi connectivity index (χ4v) is 1.04. The molecule has 3 heteroatoms. The highest BCUT2D eigenvalue weighted by atomic mass is 28.2. The summed E-state index contributed by atoms with van der Waals surface area (Å²) >= 11 is 0. The molecule has 2 nitrogen and oxygen atoms in total. The van der Waals surface area contributed by atoms with Gasteiger partial charge in [-0.05, 0) is 13.8 Å². The van der Waals surface area contributed by atoms with E-state index < -0.39 is 0 Å². The smallest absolute Gasteiger partial charge is 0.146 e. The molecular weight excluding hydrogens is 120 g/mol. The minimum absolute atomic E-state index is 0.275. The molecule has 0 saturated heterocycles. The molecule has 0 N–H and O–H groups in total. The first kappa shape index (κ1) is 8.14. The second-order valence-electron chi connectivity index (χ2n) is 1.72. The highest BCUT2D eigenvalue weighted by molar-refractivity contribution is 5.97. The van der Waals surface area contributed by atoms with Crippen molar-refractivity contribution in [3.8, 4) is 0 Å². The highest BCUT2D eigenvalue weighted by Gasteiger charge is 1.95. The van der Waals surface area contributed by atoms with Crippen molar-refractivity contribution in [2.75, 3.05) is 13.2 Å². The second-order valence-corrected chi connectivity index (χ2v) is 2.30. The zero-order valence-corrected chi connectivity index (χ0v) is 7.81. The zero-order valence-electron chi connectivity index (χ0n) is 5.81. The van der Waals surface area contributed by atoms with Gasteiger partial charge in [-0.1, -0.05) is 0 Å². The summed E-state index contributed by atoms with van der Waals surface area (Å²) in [6.07, 6.45) is 0.275. The molecule has 0 rings (SSSR count). The van der Waals surface area contributed by atoms with Crippen LogP contribution in [0.4, 0.5) is 0 Å². The molecule has 0 radical (unpaired) electrons. The molecule has 0 amide bonds. The van der Waals surface area contributed by atoms with Gasteiger partial charge in [0.15, 0.2) is 0 Å². The minimum atomic E-state index is 0.275. The van der Waals surface area contributed by atoms with Crippen LogP contribution in [0.3, 0.4) is 0 Å². The first-order valence-electron chi connectivity index (χ1n) is 2.91. The standard InChI is InChI=1S/C5H14O2Si/c1-3-6-5(2)4-7-8/h5H,3-4H2,1-2,8H3. The monoisotopic (exact) mass is 134 g/mol. The van der Waals surface area contributed by atoms with Gasteiger partial charge in [0.25, 0.3) is 0 Å². The van der Waals surface area contributed by atoms with E-state index in [1.165, 1.54) is 0 Å². The average Bonchev–Trinajstić information content (AvgIpc) is 1.68. The third-order valence-corrected chi connectivity index (χ3v) is 1.19. The van der Waals surface area contributed by atoms with Gasteiger partial charge in [0.05, 0.1) is 12.7 Å². The van der Waals surface area contributed by atoms with Crippen molar-refractivity contribution in [1.82, 2.24) is 0 Å². The SMILES string of the molecule is CCOC(C)CO[SiH3]. The number of ether oxygens (including phenoxy) is 1. The normalized spacial score (nSPS) is 14.2. The van der Waals surface area contributed by atoms with Crippen molar-refractivity contribution < 1.29 is 9.16 Å². The van der Waals surface area contributed by atoms with Crippen molar-refractivity contribution in [1.29, 1.82) is 0 Å². The summed E-state index contributed by atoms with van der Waals surface area (Å²) < 4.78 is 10.1. The molecule has 0 aromatic heterocycles. The maximum atomic E-state index is 5.18. The van der Waals surface area contributed by atoms with Crippen molar-refractivity contribution in [3.05, 3.63) is 0 Å². The van der Waals surface area contributed by atoms with E-state index in [0.717, 1.165) is 23.7 Å². The Balaban J connectivity index is 2.92. The molecule has 50 valence electrons. The molecule has 0 bridgehead atoms. The number of hydrogen-bond acceptors (Lipinski definition) is 2. The van der Waals surface area contributed by atoms with E-state index in [1.54, 1.807) is 0 Å². The summed E-state index contributed by atoms with van der Waals surface area (Å²) in [7, 11) is 0.814. The van der Waals surface area contributed by atoms with Gasteiger partial charge in [0.1, 0.15) is 10.5 Å². The van der Waals surface area contributed by atoms with Crippen LogP contribution < -0.4 is 0 Å². The van der Waals surface area contributed by atoms with E-state index in [1.807, 2.05) is 13.8 Å². The van der Waals surface area contributed by atoms with Gasteiger partial charge in [0, 0.05) is 6.61 Å². The third kappa shape index (κ3) is 4.30. The van der Waals surface area contributed by atoms with Crippen LogP contribution in [0.1, 0.15) is 13.8 Å². The number of hydrogen-bond donors (Lipinski definition) is 0. The molecule has 8 heavy (non-hydrogen) atoms. The Morgan fingerprint density at radius 2 is 2.25 bits per heavy atom. The molecule has 0 aliphatic heterocycles. The third-order valence-electron chi connectivity index (χ3n) is 0.853. The molecule has 1 unspecified atom stereocenters. The molecular formula is C5H14O2Si. The Hall–Kier alpha value is 0.137. The van der Waals surface area contributed by atoms with Gasteiger partial charge >= 0.3 is 0 Å². The lowest BCUT2D eigenvalue weighted by Gasteiger charge is -2.08. The van der Waals surface area contributed by atoms with Crippen LogP contribution in [0, 0.1) is 0 Å². The maximum absolute atomic E-state index is 5.18. The van der Waals surface area contributed by atoms with Crippen molar-refractivity contribution in [2.45, 2.75) is 20.0 Å². The highest BCUT2D eigenvalue weighted by Crippen LogP contribution is 1.88. The Morgan fingerprint density at radius 1 is 1.62 bits per heavy atom. The van der Waals surface area contributed by atoms with Crippen LogP contribution >= 0.6 is 0 Å². The van der Waals surface area contributed by atoms with Gasteiger partial charge in [-0.25, -0.2) is 0 Å². The van der Waals surface area contributed by atoms with E-state index in [0.29, 0.717) is 0 Å². The largest absolute Gasteiger partial charge is 0.425 e. The molecule has 0 aliphatic carbocycles. The predicted molar refractivity (Wildman–Crippen MR) is 37.0 cm³/mol. The van der Waals surface area contributed by atoms with Crippen LogP contribution in [-0.4, -0.2) is 29.8 Å².